The first-order valence-corrected chi connectivity index (χ1v) is 12.6. The number of β-lactam (4-membered cyclic amide) rings is 1. The molecule has 3 aromatic carbocycles. The van der Waals surface area contributed by atoms with Gasteiger partial charge in [-0.2, -0.15) is 0 Å². The van der Waals surface area contributed by atoms with Crippen LogP contribution in [-0.4, -0.2) is 54.4 Å². The number of hydrogen-bond acceptors (Lipinski definition) is 7. The summed E-state index contributed by atoms with van der Waals surface area (Å²) in [5.74, 6) is -1.34. The van der Waals surface area contributed by atoms with E-state index in [1.807, 2.05) is 42.5 Å². The highest BCUT2D eigenvalue weighted by molar-refractivity contribution is 5.96. The van der Waals surface area contributed by atoms with Crippen LogP contribution < -0.4 is 9.47 Å². The van der Waals surface area contributed by atoms with Crippen LogP contribution in [0.5, 0.6) is 11.5 Å². The zero-order valence-electron chi connectivity index (χ0n) is 22.5. The van der Waals surface area contributed by atoms with Gasteiger partial charge in [0.2, 0.25) is 5.91 Å². The molecule has 9 heteroatoms. The van der Waals surface area contributed by atoms with Crippen LogP contribution in [0.3, 0.4) is 0 Å². The molecule has 3 atom stereocenters. The van der Waals surface area contributed by atoms with Gasteiger partial charge in [0.15, 0.2) is 0 Å². The topological polar surface area (TPSA) is 112 Å². The summed E-state index contributed by atoms with van der Waals surface area (Å²) in [6.45, 7) is 5.31. The van der Waals surface area contributed by atoms with Crippen molar-refractivity contribution in [3.8, 4) is 11.5 Å². The maximum atomic E-state index is 13.7. The van der Waals surface area contributed by atoms with Crippen LogP contribution >= 0.6 is 0 Å². The number of nitrogens with zero attached hydrogens (tertiary/aromatic N) is 1. The van der Waals surface area contributed by atoms with Gasteiger partial charge in [0.05, 0.1) is 37.8 Å². The summed E-state index contributed by atoms with van der Waals surface area (Å²) >= 11 is 0. The summed E-state index contributed by atoms with van der Waals surface area (Å²) in [7, 11) is 3.11. The number of hydrogen-bond donors (Lipinski definition) is 1. The molecule has 3 aromatic rings. The lowest BCUT2D eigenvalue weighted by Gasteiger charge is -2.52. The first kappa shape index (κ1) is 28.2. The van der Waals surface area contributed by atoms with Crippen molar-refractivity contribution in [1.29, 1.82) is 0 Å². The number of benzene rings is 3. The molecule has 1 aliphatic rings. The van der Waals surface area contributed by atoms with Crippen molar-refractivity contribution in [1.82, 2.24) is 4.90 Å². The highest BCUT2D eigenvalue weighted by Crippen LogP contribution is 2.44. The Morgan fingerprint density at radius 1 is 0.900 bits per heavy atom. The first-order valence-electron chi connectivity index (χ1n) is 12.6. The number of likely N-dealkylation sites (tertiary alicyclic amines) is 1. The minimum atomic E-state index is -1.26. The highest BCUT2D eigenvalue weighted by Gasteiger charge is 2.56. The summed E-state index contributed by atoms with van der Waals surface area (Å²) in [4.78, 5) is 39.7. The van der Waals surface area contributed by atoms with E-state index in [0.717, 1.165) is 16.7 Å². The maximum absolute atomic E-state index is 13.7. The molecule has 9 nitrogen and oxygen atoms in total. The van der Waals surface area contributed by atoms with E-state index in [4.69, 9.17) is 18.9 Å². The van der Waals surface area contributed by atoms with E-state index in [1.54, 1.807) is 57.5 Å². The van der Waals surface area contributed by atoms with Gasteiger partial charge >= 0.3 is 12.1 Å². The molecule has 1 saturated heterocycles. The minimum Gasteiger partial charge on any atom is -0.497 e. The molecule has 0 spiro atoms. The molecule has 40 heavy (non-hydrogen) atoms. The van der Waals surface area contributed by atoms with E-state index in [9.17, 15) is 19.5 Å². The predicted octanol–water partition coefficient (Wildman–Crippen LogP) is 5.00. The van der Waals surface area contributed by atoms with Crippen molar-refractivity contribution in [2.24, 2.45) is 5.92 Å². The lowest BCUT2D eigenvalue weighted by molar-refractivity contribution is -0.166. The number of carboxylic acid groups (broad SMARTS) is 1. The lowest BCUT2D eigenvalue weighted by atomic mass is 9.76. The monoisotopic (exact) mass is 545 g/mol. The summed E-state index contributed by atoms with van der Waals surface area (Å²) in [5.41, 5.74) is 2.05. The van der Waals surface area contributed by atoms with Crippen LogP contribution in [0.25, 0.3) is 0 Å². The minimum absolute atomic E-state index is 0.000588. The van der Waals surface area contributed by atoms with Crippen LogP contribution in [0.1, 0.15) is 29.7 Å². The Hall–Kier alpha value is -4.79. The largest absolute Gasteiger partial charge is 0.508 e. The summed E-state index contributed by atoms with van der Waals surface area (Å²) in [6.07, 6.45) is -1.93. The maximum Gasteiger partial charge on any atom is 0.508 e. The molecule has 4 rings (SSSR count). The van der Waals surface area contributed by atoms with E-state index < -0.39 is 36.2 Å². The molecule has 208 valence electrons. The molecule has 0 aliphatic carbocycles. The van der Waals surface area contributed by atoms with Crippen molar-refractivity contribution in [3.05, 3.63) is 108 Å². The molecule has 0 saturated carbocycles. The zero-order chi connectivity index (χ0) is 28.8. The van der Waals surface area contributed by atoms with Gasteiger partial charge in [-0.05, 0) is 47.9 Å². The smallest absolute Gasteiger partial charge is 0.497 e. The van der Waals surface area contributed by atoms with Crippen molar-refractivity contribution in [3.63, 3.8) is 0 Å². The van der Waals surface area contributed by atoms with Gasteiger partial charge in [-0.1, -0.05) is 61.2 Å². The van der Waals surface area contributed by atoms with Crippen molar-refractivity contribution < 1.29 is 38.4 Å². The van der Waals surface area contributed by atoms with Gasteiger partial charge in [-0.15, -0.1) is 0 Å². The second-order valence-electron chi connectivity index (χ2n) is 9.34. The fourth-order valence-corrected chi connectivity index (χ4v) is 4.85. The third-order valence-electron chi connectivity index (χ3n) is 6.94. The van der Waals surface area contributed by atoms with Gasteiger partial charge in [0.1, 0.15) is 24.2 Å². The number of methoxy groups -OCH3 is 2. The van der Waals surface area contributed by atoms with Crippen LogP contribution in [0, 0.1) is 5.92 Å². The Labute approximate surface area is 232 Å². The second kappa shape index (κ2) is 12.4. The SMILES string of the molecule is C=C(C(=O)O)[C@@H]1[C@@H]([C@@H](C)OC(=O)OCc2ccccc2)C(=O)N1C(c1ccc(OC)cc1)c1ccc(OC)cc1. The Bertz CT molecular complexity index is 1310. The van der Waals surface area contributed by atoms with Gasteiger partial charge < -0.3 is 29.0 Å². The number of ether oxygens (including phenoxy) is 4. The van der Waals surface area contributed by atoms with E-state index in [0.29, 0.717) is 11.5 Å². The van der Waals surface area contributed by atoms with E-state index in [2.05, 4.69) is 6.58 Å². The second-order valence-corrected chi connectivity index (χ2v) is 9.34. The molecule has 0 bridgehead atoms. The van der Waals surface area contributed by atoms with E-state index in [1.165, 1.54) is 4.90 Å². The van der Waals surface area contributed by atoms with Gasteiger partial charge in [0.25, 0.3) is 0 Å². The lowest BCUT2D eigenvalue weighted by Crippen LogP contribution is -2.66. The quantitative estimate of drug-likeness (QED) is 0.204. The van der Waals surface area contributed by atoms with Gasteiger partial charge in [-0.3, -0.25) is 4.79 Å². The average molecular weight is 546 g/mol. The van der Waals surface area contributed by atoms with Crippen molar-refractivity contribution in [2.45, 2.75) is 31.7 Å². The fourth-order valence-electron chi connectivity index (χ4n) is 4.85. The van der Waals surface area contributed by atoms with Crippen molar-refractivity contribution in [2.75, 3.05) is 14.2 Å². The van der Waals surface area contributed by atoms with Crippen LogP contribution in [-0.2, 0) is 25.7 Å². The molecule has 1 fully saturated rings. The fraction of sp³-hybridized carbons (Fsp3) is 0.258. The zero-order valence-corrected chi connectivity index (χ0v) is 22.5. The summed E-state index contributed by atoms with van der Waals surface area (Å²) in [6, 6.07) is 21.8. The molecule has 1 heterocycles. The normalized spacial score (nSPS) is 17.0. The molecular weight excluding hydrogens is 514 g/mol. The molecule has 0 radical (unpaired) electrons. The Kier molecular flexibility index (Phi) is 8.73. The Morgan fingerprint density at radius 2 is 1.43 bits per heavy atom. The standard InChI is InChI=1S/C31H31NO8/c1-19(30(34)35)27-26(20(2)40-31(36)39-18-21-8-6-5-7-9-21)29(33)32(27)28(22-10-14-24(37-3)15-11-22)23-12-16-25(38-4)17-13-23/h5-17,20,26-28H,1,18H2,2-4H3,(H,34,35)/t20-,26-,27-/m1/s1. The predicted molar refractivity (Wildman–Crippen MR) is 146 cm³/mol. The Balaban J connectivity index is 1.62. The number of carbonyl (C=O) groups is 3. The number of carboxylic acids is 1. The highest BCUT2D eigenvalue weighted by atomic mass is 16.7. The summed E-state index contributed by atoms with van der Waals surface area (Å²) in [5, 5.41) is 9.87. The third-order valence-corrected chi connectivity index (χ3v) is 6.94. The first-order chi connectivity index (χ1) is 19.2. The number of aliphatic carboxylic acids is 1. The molecular formula is C31H31NO8. The van der Waals surface area contributed by atoms with E-state index >= 15 is 0 Å². The van der Waals surface area contributed by atoms with Crippen molar-refractivity contribution >= 4 is 18.0 Å². The third kappa shape index (κ3) is 5.93. The van der Waals surface area contributed by atoms with Crippen LogP contribution in [0.4, 0.5) is 4.79 Å². The summed E-state index contributed by atoms with van der Waals surface area (Å²) < 4.78 is 21.2. The molecule has 1 aliphatic heterocycles. The molecule has 1 amide bonds. The number of amides is 1. The number of carbonyl (C=O) groups excluding carboxylic acids is 2. The average Bonchev–Trinajstić information content (AvgIpc) is 2.97. The molecule has 0 unspecified atom stereocenters. The molecule has 0 aromatic heterocycles. The van der Waals surface area contributed by atoms with Gasteiger partial charge in [-0.25, -0.2) is 9.59 Å². The van der Waals surface area contributed by atoms with E-state index in [-0.39, 0.29) is 18.1 Å². The van der Waals surface area contributed by atoms with Gasteiger partial charge in [0, 0.05) is 0 Å². The molecule has 1 N–H and O–H groups in total. The Morgan fingerprint density at radius 3 is 1.90 bits per heavy atom. The van der Waals surface area contributed by atoms with Crippen LogP contribution in [0.15, 0.2) is 91.0 Å². The number of rotatable bonds is 11. The van der Waals surface area contributed by atoms with Crippen LogP contribution in [0.2, 0.25) is 0 Å².